The molecule has 0 aliphatic heterocycles. The molecule has 96 valence electrons. The maximum atomic E-state index is 5.64. The summed E-state index contributed by atoms with van der Waals surface area (Å²) in [6, 6.07) is 7.91. The van der Waals surface area contributed by atoms with Gasteiger partial charge in [0, 0.05) is 0 Å². The van der Waals surface area contributed by atoms with Crippen LogP contribution in [-0.4, -0.2) is 12.8 Å². The van der Waals surface area contributed by atoms with Crippen molar-refractivity contribution in [2.75, 3.05) is 0 Å². The Bertz CT molecular complexity index is 446. The molecule has 2 aromatic rings. The molecule has 0 fully saturated rings. The van der Waals surface area contributed by atoms with Crippen LogP contribution in [0.2, 0.25) is 0 Å². The van der Waals surface area contributed by atoms with E-state index in [0.717, 1.165) is 16.2 Å². The van der Waals surface area contributed by atoms with E-state index < -0.39 is 0 Å². The normalized spacial score (nSPS) is 8.78. The SMILES string of the molecule is CC.CC.[B]c1ccc(-c2sc(C)nc2C)cc1. The van der Waals surface area contributed by atoms with Gasteiger partial charge in [-0.2, -0.15) is 0 Å². The van der Waals surface area contributed by atoms with Crippen molar-refractivity contribution in [1.29, 1.82) is 0 Å². The predicted octanol–water partition coefficient (Wildman–Crippen LogP) is 4.27. The summed E-state index contributed by atoms with van der Waals surface area (Å²) in [4.78, 5) is 5.64. The number of rotatable bonds is 1. The average Bonchev–Trinajstić information content (AvgIpc) is 2.74. The molecule has 1 aromatic carbocycles. The summed E-state index contributed by atoms with van der Waals surface area (Å²) in [6.07, 6.45) is 0. The summed E-state index contributed by atoms with van der Waals surface area (Å²) in [5.74, 6) is 0. The first kappa shape index (κ1) is 16.9. The van der Waals surface area contributed by atoms with E-state index >= 15 is 0 Å². The average molecular weight is 259 g/mol. The van der Waals surface area contributed by atoms with E-state index in [9.17, 15) is 0 Å². The van der Waals surface area contributed by atoms with E-state index in [1.54, 1.807) is 11.3 Å². The summed E-state index contributed by atoms with van der Waals surface area (Å²) < 4.78 is 0. The smallest absolute Gasteiger partial charge is 0.113 e. The molecule has 1 nitrogen and oxygen atoms in total. The highest BCUT2D eigenvalue weighted by Crippen LogP contribution is 2.28. The van der Waals surface area contributed by atoms with Crippen molar-refractivity contribution in [2.45, 2.75) is 41.5 Å². The third-order valence-corrected chi connectivity index (χ3v) is 3.20. The minimum absolute atomic E-state index is 0.799. The predicted molar refractivity (Wildman–Crippen MR) is 85.1 cm³/mol. The first-order valence-electron chi connectivity index (χ1n) is 6.47. The maximum Gasteiger partial charge on any atom is 0.113 e. The number of aryl methyl sites for hydroxylation is 2. The molecule has 2 rings (SSSR count). The number of benzene rings is 1. The van der Waals surface area contributed by atoms with Gasteiger partial charge in [0.15, 0.2) is 0 Å². The van der Waals surface area contributed by atoms with Crippen LogP contribution in [0, 0.1) is 13.8 Å². The molecule has 1 heterocycles. The summed E-state index contributed by atoms with van der Waals surface area (Å²) in [6.45, 7) is 12.1. The molecular weight excluding hydrogens is 237 g/mol. The van der Waals surface area contributed by atoms with Gasteiger partial charge in [-0.3, -0.25) is 0 Å². The molecule has 0 unspecified atom stereocenters. The van der Waals surface area contributed by atoms with Crippen molar-refractivity contribution in [3.63, 3.8) is 0 Å². The second kappa shape index (κ2) is 8.93. The lowest BCUT2D eigenvalue weighted by Gasteiger charge is -1.99. The second-order valence-corrected chi connectivity index (χ2v) is 4.47. The maximum absolute atomic E-state index is 5.64. The van der Waals surface area contributed by atoms with Gasteiger partial charge in [0.05, 0.1) is 15.6 Å². The molecule has 0 saturated heterocycles. The first-order valence-corrected chi connectivity index (χ1v) is 7.28. The van der Waals surface area contributed by atoms with E-state index in [2.05, 4.69) is 4.98 Å². The number of hydrogen-bond donors (Lipinski definition) is 0. The van der Waals surface area contributed by atoms with Gasteiger partial charge in [0.1, 0.15) is 7.85 Å². The van der Waals surface area contributed by atoms with Crippen LogP contribution in [0.25, 0.3) is 10.4 Å². The molecule has 0 N–H and O–H groups in total. The Morgan fingerprint density at radius 2 is 1.44 bits per heavy atom. The highest BCUT2D eigenvalue weighted by atomic mass is 32.1. The Labute approximate surface area is 117 Å². The minimum atomic E-state index is 0.799. The molecule has 0 saturated carbocycles. The van der Waals surface area contributed by atoms with Crippen molar-refractivity contribution >= 4 is 24.6 Å². The fourth-order valence-electron chi connectivity index (χ4n) is 1.43. The van der Waals surface area contributed by atoms with Gasteiger partial charge >= 0.3 is 0 Å². The number of aromatic nitrogens is 1. The van der Waals surface area contributed by atoms with E-state index in [-0.39, 0.29) is 0 Å². The lowest BCUT2D eigenvalue weighted by atomic mass is 9.95. The monoisotopic (exact) mass is 259 g/mol. The summed E-state index contributed by atoms with van der Waals surface area (Å²) in [5.41, 5.74) is 3.09. The van der Waals surface area contributed by atoms with Crippen molar-refractivity contribution in [2.24, 2.45) is 0 Å². The van der Waals surface area contributed by atoms with Crippen LogP contribution >= 0.6 is 11.3 Å². The molecule has 0 aliphatic rings. The molecule has 0 atom stereocenters. The van der Waals surface area contributed by atoms with Crippen LogP contribution in [0.4, 0.5) is 0 Å². The zero-order valence-corrected chi connectivity index (χ0v) is 13.1. The first-order chi connectivity index (χ1) is 8.66. The fraction of sp³-hybridized carbons (Fsp3) is 0.400. The Morgan fingerprint density at radius 1 is 0.944 bits per heavy atom. The minimum Gasteiger partial charge on any atom is -0.246 e. The molecule has 2 radical (unpaired) electrons. The Morgan fingerprint density at radius 3 is 1.83 bits per heavy atom. The van der Waals surface area contributed by atoms with Gasteiger partial charge in [-0.1, -0.05) is 57.4 Å². The zero-order chi connectivity index (χ0) is 14.1. The summed E-state index contributed by atoms with van der Waals surface area (Å²) in [7, 11) is 5.64. The van der Waals surface area contributed by atoms with Gasteiger partial charge < -0.3 is 0 Å². The lowest BCUT2D eigenvalue weighted by Crippen LogP contribution is -1.98. The van der Waals surface area contributed by atoms with Crippen molar-refractivity contribution in [3.8, 4) is 10.4 Å². The van der Waals surface area contributed by atoms with Gasteiger partial charge in [-0.05, 0) is 19.4 Å². The molecule has 1 aromatic heterocycles. The molecular formula is C15H22BNS. The Hall–Kier alpha value is -1.09. The van der Waals surface area contributed by atoms with Gasteiger partial charge in [0.25, 0.3) is 0 Å². The van der Waals surface area contributed by atoms with Crippen LogP contribution in [0.15, 0.2) is 24.3 Å². The second-order valence-electron chi connectivity index (χ2n) is 3.27. The fourth-order valence-corrected chi connectivity index (χ4v) is 2.36. The van der Waals surface area contributed by atoms with Crippen LogP contribution in [0.3, 0.4) is 0 Å². The Kier molecular flexibility index (Phi) is 8.39. The van der Waals surface area contributed by atoms with Crippen molar-refractivity contribution in [1.82, 2.24) is 4.98 Å². The number of nitrogens with zero attached hydrogens (tertiary/aromatic N) is 1. The molecule has 0 amide bonds. The standard InChI is InChI=1S/C11H10BNS.2C2H6/c1-7-11(14-8(2)13-7)9-3-5-10(12)6-4-9;2*1-2/h3-6H,1-2H3;2*1-2H3. The van der Waals surface area contributed by atoms with Crippen LogP contribution in [-0.2, 0) is 0 Å². The number of thiazole rings is 1. The largest absolute Gasteiger partial charge is 0.246 e. The molecule has 0 bridgehead atoms. The third kappa shape index (κ3) is 4.65. The lowest BCUT2D eigenvalue weighted by molar-refractivity contribution is 1.20. The van der Waals surface area contributed by atoms with E-state index in [1.807, 2.05) is 65.8 Å². The molecule has 18 heavy (non-hydrogen) atoms. The van der Waals surface area contributed by atoms with Crippen LogP contribution in [0.5, 0.6) is 0 Å². The quantitative estimate of drug-likeness (QED) is 0.697. The summed E-state index contributed by atoms with van der Waals surface area (Å²) >= 11 is 1.72. The molecule has 0 spiro atoms. The zero-order valence-electron chi connectivity index (χ0n) is 12.2. The van der Waals surface area contributed by atoms with E-state index in [1.165, 1.54) is 10.4 Å². The highest BCUT2D eigenvalue weighted by Gasteiger charge is 2.06. The van der Waals surface area contributed by atoms with Crippen molar-refractivity contribution in [3.05, 3.63) is 35.0 Å². The van der Waals surface area contributed by atoms with Crippen molar-refractivity contribution < 1.29 is 0 Å². The van der Waals surface area contributed by atoms with Gasteiger partial charge in [0.2, 0.25) is 0 Å². The topological polar surface area (TPSA) is 12.9 Å². The van der Waals surface area contributed by atoms with E-state index in [4.69, 9.17) is 7.85 Å². The van der Waals surface area contributed by atoms with Crippen LogP contribution < -0.4 is 5.46 Å². The van der Waals surface area contributed by atoms with Crippen LogP contribution in [0.1, 0.15) is 38.4 Å². The summed E-state index contributed by atoms with van der Waals surface area (Å²) in [5, 5.41) is 1.11. The highest BCUT2D eigenvalue weighted by molar-refractivity contribution is 7.15. The van der Waals surface area contributed by atoms with Gasteiger partial charge in [-0.15, -0.1) is 11.3 Å². The van der Waals surface area contributed by atoms with E-state index in [0.29, 0.717) is 0 Å². The Balaban J connectivity index is 0.000000659. The molecule has 3 heteroatoms. The van der Waals surface area contributed by atoms with Gasteiger partial charge in [-0.25, -0.2) is 4.98 Å². The number of hydrogen-bond acceptors (Lipinski definition) is 2. The third-order valence-electron chi connectivity index (χ3n) is 2.08. The molecule has 0 aliphatic carbocycles.